The average Bonchev–Trinajstić information content (AvgIpc) is 3.25. The van der Waals surface area contributed by atoms with Crippen molar-refractivity contribution in [2.45, 2.75) is 85.0 Å². The zero-order chi connectivity index (χ0) is 19.8. The third-order valence-electron chi connectivity index (χ3n) is 9.63. The number of alkyl carbamates (subject to hydrolysis) is 1. The van der Waals surface area contributed by atoms with Crippen LogP contribution in [0.15, 0.2) is 0 Å². The van der Waals surface area contributed by atoms with Gasteiger partial charge in [0.05, 0.1) is 17.6 Å². The third-order valence-corrected chi connectivity index (χ3v) is 9.63. The van der Waals surface area contributed by atoms with Crippen LogP contribution < -0.4 is 5.32 Å². The van der Waals surface area contributed by atoms with Gasteiger partial charge in [-0.25, -0.2) is 4.79 Å². The number of carbonyl (C=O) groups excluding carboxylic acids is 2. The zero-order valence-electron chi connectivity index (χ0n) is 17.6. The molecule has 3 saturated carbocycles. The number of nitrogens with one attached hydrogen (secondary N) is 1. The smallest absolute Gasteiger partial charge is 0.407 e. The summed E-state index contributed by atoms with van der Waals surface area (Å²) in [7, 11) is 1.80. The highest BCUT2D eigenvalue weighted by Crippen LogP contribution is 2.69. The summed E-state index contributed by atoms with van der Waals surface area (Å²) in [5, 5.41) is 3.05. The fraction of sp³-hybridized carbons (Fsp3) is 0.909. The van der Waals surface area contributed by atoms with E-state index in [9.17, 15) is 9.59 Å². The minimum Gasteiger partial charge on any atom is -0.443 e. The first-order chi connectivity index (χ1) is 12.7. The minimum atomic E-state index is -0.600. The molecule has 0 radical (unpaired) electrons. The van der Waals surface area contributed by atoms with Crippen molar-refractivity contribution in [2.24, 2.45) is 34.0 Å². The summed E-state index contributed by atoms with van der Waals surface area (Å²) >= 11 is 0. The Kier molecular flexibility index (Phi) is 4.24. The van der Waals surface area contributed by atoms with Gasteiger partial charge in [-0.1, -0.05) is 34.6 Å². The molecular weight excluding hydrogens is 342 g/mol. The molecule has 1 aliphatic heterocycles. The number of hydrogen-bond acceptors (Lipinski definition) is 4. The molecule has 5 nitrogen and oxygen atoms in total. The summed E-state index contributed by atoms with van der Waals surface area (Å²) in [5.74, 6) is 0.912. The number of methoxy groups -OCH3 is 1. The molecule has 0 unspecified atom stereocenters. The van der Waals surface area contributed by atoms with Gasteiger partial charge in [0.2, 0.25) is 0 Å². The van der Waals surface area contributed by atoms with Crippen molar-refractivity contribution in [3.8, 4) is 0 Å². The number of Topliss-reactive ketones (excluding diaryl/α,β-unsaturated/α-hetero) is 1. The van der Waals surface area contributed by atoms with Crippen LogP contribution in [-0.4, -0.2) is 37.2 Å². The van der Waals surface area contributed by atoms with Gasteiger partial charge in [-0.05, 0) is 43.4 Å². The second kappa shape index (κ2) is 5.95. The minimum absolute atomic E-state index is 0.0297. The van der Waals surface area contributed by atoms with Crippen LogP contribution in [0.3, 0.4) is 0 Å². The number of ether oxygens (including phenoxy) is 2. The highest BCUT2D eigenvalue weighted by Gasteiger charge is 2.71. The van der Waals surface area contributed by atoms with E-state index in [1.807, 2.05) is 6.92 Å². The van der Waals surface area contributed by atoms with Crippen LogP contribution in [0.1, 0.15) is 66.7 Å². The number of amides is 1. The predicted molar refractivity (Wildman–Crippen MR) is 102 cm³/mol. The molecule has 152 valence electrons. The van der Waals surface area contributed by atoms with Crippen molar-refractivity contribution in [1.82, 2.24) is 5.32 Å². The summed E-state index contributed by atoms with van der Waals surface area (Å²) < 4.78 is 12.0. The molecule has 2 bridgehead atoms. The van der Waals surface area contributed by atoms with Gasteiger partial charge < -0.3 is 14.8 Å². The predicted octanol–water partition coefficient (Wildman–Crippen LogP) is 3.95. The van der Waals surface area contributed by atoms with Crippen LogP contribution in [0.25, 0.3) is 0 Å². The van der Waals surface area contributed by atoms with Crippen molar-refractivity contribution < 1.29 is 19.1 Å². The lowest BCUT2D eigenvalue weighted by Crippen LogP contribution is -2.67. The number of hydrogen-bond donors (Lipinski definition) is 1. The molecule has 4 fully saturated rings. The SMILES string of the molecule is CC[C@@]1(C)C(=O)[C@H](C)[C@@]23CC[C@@H](C)[C@@](C)([C@@H]4OC(=O)N[C@H]41)[C@H]2[C@H](OC)CC3. The standard InChI is InChI=1S/C22H35NO4/c1-7-20(4)16-18(27-19(25)23-16)21(5)12(2)8-10-22(13(3)17(20)24)11-9-14(26-6)15(21)22/h12-16,18H,7-11H2,1-6H3,(H,23,25)/t12-,13+,14-,15-,16-,18-,20-,21-,22+/m1/s1. The van der Waals surface area contributed by atoms with E-state index in [1.54, 1.807) is 7.11 Å². The summed E-state index contributed by atoms with van der Waals surface area (Å²) in [5.41, 5.74) is -0.849. The number of carbonyl (C=O) groups is 2. The van der Waals surface area contributed by atoms with Gasteiger partial charge in [0.25, 0.3) is 0 Å². The highest BCUT2D eigenvalue weighted by molar-refractivity contribution is 5.89. The molecule has 0 aromatic rings. The summed E-state index contributed by atoms with van der Waals surface area (Å²) in [6.07, 6.45) is 4.33. The highest BCUT2D eigenvalue weighted by atomic mass is 16.6. The molecule has 9 atom stereocenters. The van der Waals surface area contributed by atoms with Gasteiger partial charge in [0.1, 0.15) is 11.9 Å². The molecule has 1 N–H and O–H groups in total. The molecule has 0 spiro atoms. The molecule has 0 aromatic carbocycles. The molecule has 4 rings (SSSR count). The van der Waals surface area contributed by atoms with E-state index in [2.05, 4.69) is 33.0 Å². The Hall–Kier alpha value is -1.10. The third kappa shape index (κ3) is 2.15. The molecule has 1 heterocycles. The van der Waals surface area contributed by atoms with Crippen molar-refractivity contribution in [3.05, 3.63) is 0 Å². The first-order valence-electron chi connectivity index (χ1n) is 10.7. The van der Waals surface area contributed by atoms with Crippen LogP contribution in [0.5, 0.6) is 0 Å². The fourth-order valence-corrected chi connectivity index (χ4v) is 7.62. The topological polar surface area (TPSA) is 64.6 Å². The van der Waals surface area contributed by atoms with Crippen LogP contribution >= 0.6 is 0 Å². The van der Waals surface area contributed by atoms with Gasteiger partial charge >= 0.3 is 6.09 Å². The Labute approximate surface area is 162 Å². The first kappa shape index (κ1) is 19.2. The molecule has 27 heavy (non-hydrogen) atoms. The molecular formula is C22H35NO4. The van der Waals surface area contributed by atoms with E-state index in [0.717, 1.165) is 25.7 Å². The number of rotatable bonds is 2. The monoisotopic (exact) mass is 377 g/mol. The zero-order valence-corrected chi connectivity index (χ0v) is 17.6. The lowest BCUT2D eigenvalue weighted by Gasteiger charge is -2.62. The van der Waals surface area contributed by atoms with Gasteiger partial charge in [-0.2, -0.15) is 0 Å². The number of ketones is 1. The van der Waals surface area contributed by atoms with Crippen molar-refractivity contribution >= 4 is 11.9 Å². The second-order valence-corrected chi connectivity index (χ2v) is 10.1. The van der Waals surface area contributed by atoms with Gasteiger partial charge in [0.15, 0.2) is 0 Å². The maximum atomic E-state index is 13.9. The summed E-state index contributed by atoms with van der Waals surface area (Å²) in [4.78, 5) is 26.3. The Bertz CT molecular complexity index is 665. The van der Waals surface area contributed by atoms with Crippen LogP contribution in [0.2, 0.25) is 0 Å². The van der Waals surface area contributed by atoms with E-state index in [-0.39, 0.29) is 47.0 Å². The van der Waals surface area contributed by atoms with Crippen LogP contribution in [-0.2, 0) is 14.3 Å². The lowest BCUT2D eigenvalue weighted by atomic mass is 9.43. The maximum absolute atomic E-state index is 13.9. The normalized spacial score (nSPS) is 54.4. The summed E-state index contributed by atoms with van der Waals surface area (Å²) in [6.45, 7) is 10.9. The molecule has 1 saturated heterocycles. The van der Waals surface area contributed by atoms with Gasteiger partial charge in [0, 0.05) is 24.4 Å². The molecule has 3 aliphatic carbocycles. The molecule has 4 aliphatic rings. The lowest BCUT2D eigenvalue weighted by molar-refractivity contribution is -0.189. The van der Waals surface area contributed by atoms with E-state index in [0.29, 0.717) is 18.1 Å². The quantitative estimate of drug-likeness (QED) is 0.791. The van der Waals surface area contributed by atoms with E-state index < -0.39 is 5.41 Å². The van der Waals surface area contributed by atoms with Gasteiger partial charge in [-0.3, -0.25) is 4.79 Å². The van der Waals surface area contributed by atoms with E-state index >= 15 is 0 Å². The van der Waals surface area contributed by atoms with Gasteiger partial charge in [-0.15, -0.1) is 0 Å². The summed E-state index contributed by atoms with van der Waals surface area (Å²) in [6, 6.07) is -0.272. The Morgan fingerprint density at radius 2 is 1.85 bits per heavy atom. The van der Waals surface area contributed by atoms with Crippen molar-refractivity contribution in [1.29, 1.82) is 0 Å². The van der Waals surface area contributed by atoms with E-state index in [4.69, 9.17) is 9.47 Å². The molecule has 5 heteroatoms. The first-order valence-corrected chi connectivity index (χ1v) is 10.7. The van der Waals surface area contributed by atoms with Crippen LogP contribution in [0, 0.1) is 34.0 Å². The maximum Gasteiger partial charge on any atom is 0.407 e. The Morgan fingerprint density at radius 1 is 1.19 bits per heavy atom. The fourth-order valence-electron chi connectivity index (χ4n) is 7.62. The Balaban J connectivity index is 1.97. The molecule has 0 aromatic heterocycles. The molecule has 1 amide bonds. The average molecular weight is 378 g/mol. The van der Waals surface area contributed by atoms with Crippen LogP contribution in [0.4, 0.5) is 4.79 Å². The van der Waals surface area contributed by atoms with Crippen molar-refractivity contribution in [2.75, 3.05) is 7.11 Å². The number of fused-ring (bicyclic) bond motifs is 2. The Morgan fingerprint density at radius 3 is 2.48 bits per heavy atom. The van der Waals surface area contributed by atoms with Crippen molar-refractivity contribution in [3.63, 3.8) is 0 Å². The largest absolute Gasteiger partial charge is 0.443 e. The second-order valence-electron chi connectivity index (χ2n) is 10.1. The van der Waals surface area contributed by atoms with E-state index in [1.165, 1.54) is 0 Å².